The maximum absolute atomic E-state index is 13.0. The molecule has 3 aromatic rings. The molecule has 2 heterocycles. The molecule has 0 atom stereocenters. The van der Waals surface area contributed by atoms with Crippen LogP contribution in [0.4, 0.5) is 5.69 Å². The summed E-state index contributed by atoms with van der Waals surface area (Å²) >= 11 is 0. The lowest BCUT2D eigenvalue weighted by molar-refractivity contribution is 0.0957. The zero-order valence-corrected chi connectivity index (χ0v) is 20.7. The summed E-state index contributed by atoms with van der Waals surface area (Å²) in [6.07, 6.45) is 4.12. The van der Waals surface area contributed by atoms with Gasteiger partial charge in [0, 0.05) is 19.0 Å². The van der Waals surface area contributed by atoms with Crippen molar-refractivity contribution in [2.45, 2.75) is 32.1 Å². The number of fused-ring (bicyclic) bond motifs is 1. The van der Waals surface area contributed by atoms with Crippen LogP contribution in [0.5, 0.6) is 0 Å². The minimum absolute atomic E-state index is 0.227. The van der Waals surface area contributed by atoms with Gasteiger partial charge in [0.05, 0.1) is 23.1 Å². The highest BCUT2D eigenvalue weighted by atomic mass is 32.2. The molecular weight excluding hydrogens is 450 g/mol. The average molecular weight is 482 g/mol. The van der Waals surface area contributed by atoms with E-state index in [1.807, 2.05) is 43.3 Å². The van der Waals surface area contributed by atoms with E-state index in [0.717, 1.165) is 54.6 Å². The summed E-state index contributed by atoms with van der Waals surface area (Å²) in [5, 5.41) is 11.5. The number of carbonyl (C=O) groups excluding carboxylic acids is 1. The lowest BCUT2D eigenvalue weighted by Crippen LogP contribution is -2.44. The Morgan fingerprint density at radius 2 is 1.91 bits per heavy atom. The lowest BCUT2D eigenvalue weighted by Gasteiger charge is -2.31. The zero-order valence-electron chi connectivity index (χ0n) is 19.8. The Balaban J connectivity index is 1.68. The molecule has 9 heteroatoms. The number of benzene rings is 2. The molecule has 0 unspecified atom stereocenters. The van der Waals surface area contributed by atoms with Crippen LogP contribution in [0.15, 0.2) is 36.4 Å². The second-order valence-electron chi connectivity index (χ2n) is 9.53. The Morgan fingerprint density at radius 1 is 1.21 bits per heavy atom. The van der Waals surface area contributed by atoms with Gasteiger partial charge in [-0.15, -0.1) is 0 Å². The number of hydrogen-bond acceptors (Lipinski definition) is 5. The molecule has 8 nitrogen and oxygen atoms in total. The summed E-state index contributed by atoms with van der Waals surface area (Å²) in [6.45, 7) is 4.32. The molecule has 2 N–H and O–H groups in total. The molecule has 0 spiro atoms. The Hall–Kier alpha value is -2.91. The predicted octanol–water partition coefficient (Wildman–Crippen LogP) is 2.95. The van der Waals surface area contributed by atoms with Gasteiger partial charge in [-0.3, -0.25) is 9.10 Å². The number of nitrogens with one attached hydrogen (secondary N) is 2. The summed E-state index contributed by atoms with van der Waals surface area (Å²) in [6, 6.07) is 11.7. The number of hydrogen-bond donors (Lipinski definition) is 2. The van der Waals surface area contributed by atoms with E-state index in [2.05, 4.69) is 10.6 Å². The second kappa shape index (κ2) is 8.70. The normalized spacial score (nSPS) is 16.4. The monoisotopic (exact) mass is 481 g/mol. The number of nitrogens with zero attached hydrogens (tertiary/aromatic N) is 3. The number of sulfonamides is 1. The van der Waals surface area contributed by atoms with Gasteiger partial charge in [0.1, 0.15) is 5.69 Å². The minimum atomic E-state index is -3.48. The van der Waals surface area contributed by atoms with Crippen LogP contribution >= 0.6 is 0 Å². The Morgan fingerprint density at radius 3 is 2.47 bits per heavy atom. The number of anilines is 1. The molecule has 1 aliphatic carbocycles. The van der Waals surface area contributed by atoms with Crippen LogP contribution in [0.25, 0.3) is 16.6 Å². The van der Waals surface area contributed by atoms with Gasteiger partial charge in [-0.1, -0.05) is 17.7 Å². The van der Waals surface area contributed by atoms with Gasteiger partial charge in [-0.05, 0) is 80.9 Å². The largest absolute Gasteiger partial charge is 0.354 e. The molecule has 1 saturated heterocycles. The van der Waals surface area contributed by atoms with Gasteiger partial charge >= 0.3 is 0 Å². The van der Waals surface area contributed by atoms with Crippen LogP contribution in [0.2, 0.25) is 0 Å². The Labute approximate surface area is 200 Å². The van der Waals surface area contributed by atoms with E-state index in [0.29, 0.717) is 35.3 Å². The van der Waals surface area contributed by atoms with Crippen molar-refractivity contribution in [1.82, 2.24) is 20.4 Å². The van der Waals surface area contributed by atoms with E-state index < -0.39 is 10.0 Å². The zero-order chi connectivity index (χ0) is 24.0. The van der Waals surface area contributed by atoms with E-state index in [9.17, 15) is 13.2 Å². The maximum Gasteiger partial charge on any atom is 0.270 e. The van der Waals surface area contributed by atoms with E-state index in [4.69, 9.17) is 5.10 Å². The van der Waals surface area contributed by atoms with Gasteiger partial charge in [-0.2, -0.15) is 5.10 Å². The number of aromatic nitrogens is 2. The summed E-state index contributed by atoms with van der Waals surface area (Å²) in [5.41, 5.74) is 4.65. The molecule has 2 aliphatic rings. The van der Waals surface area contributed by atoms with Crippen LogP contribution in [-0.2, 0) is 10.0 Å². The SMILES string of the molecule is CNC(=O)c1c2cc(C3CC3)c(N(CCC3CNC3)S(C)(=O)=O)cc2nn1-c1ccc(C)cc1. The van der Waals surface area contributed by atoms with E-state index in [1.165, 1.54) is 6.26 Å². The first-order chi connectivity index (χ1) is 16.3. The van der Waals surface area contributed by atoms with Gasteiger partial charge in [0.25, 0.3) is 5.91 Å². The molecule has 2 aromatic carbocycles. The molecule has 0 radical (unpaired) electrons. The van der Waals surface area contributed by atoms with E-state index in [1.54, 1.807) is 16.0 Å². The van der Waals surface area contributed by atoms with Crippen LogP contribution in [0, 0.1) is 12.8 Å². The van der Waals surface area contributed by atoms with Gasteiger partial charge < -0.3 is 10.6 Å². The first kappa shape index (κ1) is 22.9. The predicted molar refractivity (Wildman–Crippen MR) is 134 cm³/mol. The van der Waals surface area contributed by atoms with Gasteiger partial charge in [-0.25, -0.2) is 13.1 Å². The highest BCUT2D eigenvalue weighted by molar-refractivity contribution is 7.92. The first-order valence-corrected chi connectivity index (χ1v) is 13.7. The van der Waals surface area contributed by atoms with Crippen LogP contribution in [0.3, 0.4) is 0 Å². The number of rotatable bonds is 8. The van der Waals surface area contributed by atoms with Crippen molar-refractivity contribution < 1.29 is 13.2 Å². The van der Waals surface area contributed by atoms with Crippen molar-refractivity contribution in [1.29, 1.82) is 0 Å². The fourth-order valence-electron chi connectivity index (χ4n) is 4.60. The Bertz CT molecular complexity index is 1340. The van der Waals surface area contributed by atoms with Crippen LogP contribution in [-0.4, -0.2) is 57.0 Å². The fraction of sp³-hybridized carbons (Fsp3) is 0.440. The van der Waals surface area contributed by atoms with Crippen molar-refractivity contribution in [3.05, 3.63) is 53.2 Å². The van der Waals surface area contributed by atoms with Crippen molar-refractivity contribution in [3.8, 4) is 5.69 Å². The molecule has 2 fully saturated rings. The second-order valence-corrected chi connectivity index (χ2v) is 11.4. The number of amides is 1. The molecule has 1 aliphatic heterocycles. The number of aryl methyl sites for hydroxylation is 1. The molecular formula is C25H31N5O3S. The van der Waals surface area contributed by atoms with Gasteiger partial charge in [0.2, 0.25) is 10.0 Å². The molecule has 34 heavy (non-hydrogen) atoms. The topological polar surface area (TPSA) is 96.3 Å². The van der Waals surface area contributed by atoms with Crippen molar-refractivity contribution in [2.24, 2.45) is 5.92 Å². The van der Waals surface area contributed by atoms with E-state index in [-0.39, 0.29) is 5.91 Å². The van der Waals surface area contributed by atoms with Crippen LogP contribution < -0.4 is 14.9 Å². The molecule has 1 amide bonds. The smallest absolute Gasteiger partial charge is 0.270 e. The van der Waals surface area contributed by atoms with Crippen molar-refractivity contribution in [3.63, 3.8) is 0 Å². The molecule has 1 aromatic heterocycles. The van der Waals surface area contributed by atoms with Crippen molar-refractivity contribution >= 4 is 32.5 Å². The third kappa shape index (κ3) is 4.30. The fourth-order valence-corrected chi connectivity index (χ4v) is 5.56. The number of carbonyl (C=O) groups is 1. The maximum atomic E-state index is 13.0. The van der Waals surface area contributed by atoms with Crippen LogP contribution in [0.1, 0.15) is 46.8 Å². The average Bonchev–Trinajstić information content (AvgIpc) is 3.54. The summed E-state index contributed by atoms with van der Waals surface area (Å²) < 4.78 is 29.0. The molecule has 0 bridgehead atoms. The van der Waals surface area contributed by atoms with Crippen molar-refractivity contribution in [2.75, 3.05) is 37.2 Å². The molecule has 180 valence electrons. The van der Waals surface area contributed by atoms with E-state index >= 15 is 0 Å². The summed E-state index contributed by atoms with van der Waals surface area (Å²) in [4.78, 5) is 13.0. The minimum Gasteiger partial charge on any atom is -0.354 e. The summed E-state index contributed by atoms with van der Waals surface area (Å²) in [7, 11) is -1.87. The third-order valence-corrected chi connectivity index (χ3v) is 8.01. The Kier molecular flexibility index (Phi) is 5.85. The molecule has 1 saturated carbocycles. The quantitative estimate of drug-likeness (QED) is 0.516. The third-order valence-electron chi connectivity index (χ3n) is 6.83. The standard InChI is InChI=1S/C25H31N5O3S/c1-16-4-8-19(9-5-16)30-24(25(31)26-2)21-12-20(18-6-7-18)23(13-22(21)28-30)29(34(3,32)33)11-10-17-14-27-15-17/h4-5,8-9,12-13,17-18,27H,6-7,10-11,14-15H2,1-3H3,(H,26,31). The molecule has 5 rings (SSSR count). The highest BCUT2D eigenvalue weighted by Crippen LogP contribution is 2.46. The van der Waals surface area contributed by atoms with Gasteiger partial charge in [0.15, 0.2) is 0 Å². The first-order valence-electron chi connectivity index (χ1n) is 11.8. The summed E-state index contributed by atoms with van der Waals surface area (Å²) in [5.74, 6) is 0.572. The highest BCUT2D eigenvalue weighted by Gasteiger charge is 2.33. The lowest BCUT2D eigenvalue weighted by atomic mass is 9.99.